The van der Waals surface area contributed by atoms with Crippen molar-refractivity contribution < 1.29 is 9.59 Å². The molecule has 2 atom stereocenters. The Morgan fingerprint density at radius 3 is 2.65 bits per heavy atom. The molecule has 3 N–H and O–H groups in total. The average Bonchev–Trinajstić information content (AvgIpc) is 2.72. The van der Waals surface area contributed by atoms with Gasteiger partial charge in [0, 0.05) is 12.0 Å². The van der Waals surface area contributed by atoms with Crippen LogP contribution in [0.4, 0.5) is 0 Å². The minimum Gasteiger partial charge on any atom is -0.369 e. The first-order chi connectivity index (χ1) is 10.9. The number of nitrogens with zero attached hydrogens (tertiary/aromatic N) is 2. The summed E-state index contributed by atoms with van der Waals surface area (Å²) in [6.07, 6.45) is 5.84. The molecule has 2 rings (SSSR count). The SMILES string of the molecule is CC(C)c1ncc(Cl)c(C(=O)N[C@H]2CCCCC[C@H]2C(N)=O)n1. The van der Waals surface area contributed by atoms with Gasteiger partial charge in [0.2, 0.25) is 5.91 Å². The fraction of sp³-hybridized carbons (Fsp3) is 0.625. The van der Waals surface area contributed by atoms with Gasteiger partial charge in [0.25, 0.3) is 5.91 Å². The van der Waals surface area contributed by atoms with E-state index in [1.54, 1.807) is 0 Å². The van der Waals surface area contributed by atoms with Gasteiger partial charge in [0.1, 0.15) is 11.5 Å². The van der Waals surface area contributed by atoms with Crippen LogP contribution < -0.4 is 11.1 Å². The summed E-state index contributed by atoms with van der Waals surface area (Å²) in [6.45, 7) is 3.89. The molecule has 0 unspecified atom stereocenters. The smallest absolute Gasteiger partial charge is 0.271 e. The molecule has 7 heteroatoms. The molecule has 126 valence electrons. The molecular weight excluding hydrogens is 316 g/mol. The number of hydrogen-bond acceptors (Lipinski definition) is 4. The summed E-state index contributed by atoms with van der Waals surface area (Å²) in [4.78, 5) is 32.6. The van der Waals surface area contributed by atoms with Crippen LogP contribution in [-0.4, -0.2) is 27.8 Å². The maximum Gasteiger partial charge on any atom is 0.271 e. The van der Waals surface area contributed by atoms with E-state index in [0.29, 0.717) is 12.2 Å². The van der Waals surface area contributed by atoms with Crippen LogP contribution >= 0.6 is 11.6 Å². The summed E-state index contributed by atoms with van der Waals surface area (Å²) >= 11 is 6.07. The molecule has 1 heterocycles. The fourth-order valence-electron chi connectivity index (χ4n) is 2.88. The summed E-state index contributed by atoms with van der Waals surface area (Å²) in [5, 5.41) is 3.10. The molecule has 1 aliphatic carbocycles. The third-order valence-electron chi connectivity index (χ3n) is 4.19. The van der Waals surface area contributed by atoms with Crippen LogP contribution in [0.1, 0.15) is 68.2 Å². The van der Waals surface area contributed by atoms with Gasteiger partial charge in [0.15, 0.2) is 0 Å². The standard InChI is InChI=1S/C16H23ClN4O2/c1-9(2)15-19-8-11(17)13(21-15)16(23)20-12-7-5-3-4-6-10(12)14(18)22/h8-10,12H,3-7H2,1-2H3,(H2,18,22)(H,20,23)/t10-,12+/m1/s1. The highest BCUT2D eigenvalue weighted by atomic mass is 35.5. The van der Waals surface area contributed by atoms with E-state index in [1.165, 1.54) is 6.20 Å². The number of rotatable bonds is 4. The van der Waals surface area contributed by atoms with Gasteiger partial charge in [-0.3, -0.25) is 9.59 Å². The van der Waals surface area contributed by atoms with E-state index in [9.17, 15) is 9.59 Å². The summed E-state index contributed by atoms with van der Waals surface area (Å²) in [6, 6.07) is -0.268. The Labute approximate surface area is 141 Å². The second-order valence-electron chi connectivity index (χ2n) is 6.31. The molecule has 0 bridgehead atoms. The summed E-state index contributed by atoms with van der Waals surface area (Å²) in [5.74, 6) is -0.431. The number of aromatic nitrogens is 2. The summed E-state index contributed by atoms with van der Waals surface area (Å²) in [7, 11) is 0. The monoisotopic (exact) mass is 338 g/mol. The van der Waals surface area contributed by atoms with E-state index in [2.05, 4.69) is 15.3 Å². The Morgan fingerprint density at radius 2 is 2.00 bits per heavy atom. The number of primary amides is 1. The summed E-state index contributed by atoms with van der Waals surface area (Å²) < 4.78 is 0. The number of hydrogen-bond donors (Lipinski definition) is 2. The first-order valence-electron chi connectivity index (χ1n) is 8.02. The van der Waals surface area contributed by atoms with Crippen molar-refractivity contribution in [3.8, 4) is 0 Å². The van der Waals surface area contributed by atoms with Gasteiger partial charge in [-0.15, -0.1) is 0 Å². The van der Waals surface area contributed by atoms with Crippen LogP contribution in [-0.2, 0) is 4.79 Å². The molecule has 6 nitrogen and oxygen atoms in total. The Morgan fingerprint density at radius 1 is 1.30 bits per heavy atom. The van der Waals surface area contributed by atoms with Crippen molar-refractivity contribution in [2.45, 2.75) is 57.9 Å². The summed E-state index contributed by atoms with van der Waals surface area (Å²) in [5.41, 5.74) is 5.64. The lowest BCUT2D eigenvalue weighted by Gasteiger charge is -2.23. The lowest BCUT2D eigenvalue weighted by Crippen LogP contribution is -2.45. The molecule has 1 saturated carbocycles. The third-order valence-corrected chi connectivity index (χ3v) is 4.47. The molecule has 1 aromatic rings. The number of carbonyl (C=O) groups is 2. The molecule has 2 amide bonds. The van der Waals surface area contributed by atoms with Gasteiger partial charge >= 0.3 is 0 Å². The number of amides is 2. The topological polar surface area (TPSA) is 98.0 Å². The maximum absolute atomic E-state index is 12.6. The van der Waals surface area contributed by atoms with E-state index in [1.807, 2.05) is 13.8 Å². The quantitative estimate of drug-likeness (QED) is 0.823. The van der Waals surface area contributed by atoms with Gasteiger partial charge < -0.3 is 11.1 Å². The lowest BCUT2D eigenvalue weighted by atomic mass is 9.94. The van der Waals surface area contributed by atoms with Gasteiger partial charge in [-0.05, 0) is 12.8 Å². The second-order valence-corrected chi connectivity index (χ2v) is 6.71. The minimum absolute atomic E-state index is 0.0927. The number of carbonyl (C=O) groups excluding carboxylic acids is 2. The molecule has 0 aromatic carbocycles. The largest absolute Gasteiger partial charge is 0.369 e. The van der Waals surface area contributed by atoms with Gasteiger partial charge in [-0.2, -0.15) is 0 Å². The number of nitrogens with two attached hydrogens (primary N) is 1. The second kappa shape index (κ2) is 7.73. The zero-order valence-corrected chi connectivity index (χ0v) is 14.3. The first-order valence-corrected chi connectivity index (χ1v) is 8.40. The molecule has 1 fully saturated rings. The van der Waals surface area contributed by atoms with E-state index in [0.717, 1.165) is 25.7 Å². The Bertz CT molecular complexity index is 591. The first kappa shape index (κ1) is 17.7. The van der Waals surface area contributed by atoms with Crippen LogP contribution in [0.5, 0.6) is 0 Å². The van der Waals surface area contributed by atoms with E-state index in [4.69, 9.17) is 17.3 Å². The van der Waals surface area contributed by atoms with Gasteiger partial charge in [0.05, 0.1) is 17.1 Å². The zero-order chi connectivity index (χ0) is 17.0. The van der Waals surface area contributed by atoms with Gasteiger partial charge in [-0.25, -0.2) is 9.97 Å². The van der Waals surface area contributed by atoms with Crippen molar-refractivity contribution in [3.05, 3.63) is 22.7 Å². The van der Waals surface area contributed by atoms with E-state index >= 15 is 0 Å². The van der Waals surface area contributed by atoms with Crippen LogP contribution in [0.2, 0.25) is 5.02 Å². The van der Waals surface area contributed by atoms with E-state index in [-0.39, 0.29) is 40.4 Å². The molecule has 23 heavy (non-hydrogen) atoms. The van der Waals surface area contributed by atoms with E-state index < -0.39 is 0 Å². The van der Waals surface area contributed by atoms with Gasteiger partial charge in [-0.1, -0.05) is 44.7 Å². The van der Waals surface area contributed by atoms with Crippen molar-refractivity contribution in [1.82, 2.24) is 15.3 Å². The predicted molar refractivity (Wildman–Crippen MR) is 88.2 cm³/mol. The van der Waals surface area contributed by atoms with Crippen molar-refractivity contribution in [2.24, 2.45) is 11.7 Å². The lowest BCUT2D eigenvalue weighted by molar-refractivity contribution is -0.122. The van der Waals surface area contributed by atoms with Crippen molar-refractivity contribution in [1.29, 1.82) is 0 Å². The van der Waals surface area contributed by atoms with Crippen LogP contribution in [0.3, 0.4) is 0 Å². The fourth-order valence-corrected chi connectivity index (χ4v) is 3.05. The molecular formula is C16H23ClN4O2. The highest BCUT2D eigenvalue weighted by Crippen LogP contribution is 2.24. The Kier molecular flexibility index (Phi) is 5.93. The maximum atomic E-state index is 12.6. The third kappa shape index (κ3) is 4.41. The average molecular weight is 339 g/mol. The highest BCUT2D eigenvalue weighted by molar-refractivity contribution is 6.33. The highest BCUT2D eigenvalue weighted by Gasteiger charge is 2.30. The molecule has 0 spiro atoms. The Balaban J connectivity index is 2.19. The number of nitrogens with one attached hydrogen (secondary N) is 1. The molecule has 1 aliphatic rings. The normalized spacial score (nSPS) is 21.7. The van der Waals surface area contributed by atoms with Crippen LogP contribution in [0.25, 0.3) is 0 Å². The predicted octanol–water partition coefficient (Wildman–Crippen LogP) is 2.42. The van der Waals surface area contributed by atoms with Crippen molar-refractivity contribution in [3.63, 3.8) is 0 Å². The molecule has 0 aliphatic heterocycles. The number of halogens is 1. The van der Waals surface area contributed by atoms with Crippen molar-refractivity contribution in [2.75, 3.05) is 0 Å². The van der Waals surface area contributed by atoms with Crippen LogP contribution in [0.15, 0.2) is 6.20 Å². The zero-order valence-electron chi connectivity index (χ0n) is 13.5. The Hall–Kier alpha value is -1.69. The molecule has 0 saturated heterocycles. The van der Waals surface area contributed by atoms with Crippen molar-refractivity contribution >= 4 is 23.4 Å². The van der Waals surface area contributed by atoms with Crippen LogP contribution in [0, 0.1) is 5.92 Å². The molecule has 1 aromatic heterocycles. The molecule has 0 radical (unpaired) electrons. The minimum atomic E-state index is -0.377.